The number of hydrogen-bond acceptors (Lipinski definition) is 5. The number of thiazole rings is 1. The van der Waals surface area contributed by atoms with Crippen molar-refractivity contribution in [1.82, 2.24) is 4.98 Å². The Balaban J connectivity index is 1.45. The van der Waals surface area contributed by atoms with Gasteiger partial charge in [0.15, 0.2) is 11.6 Å². The average Bonchev–Trinajstić information content (AvgIpc) is 3.40. The number of aromatic nitrogens is 1. The Kier molecular flexibility index (Phi) is 4.86. The van der Waals surface area contributed by atoms with E-state index in [0.717, 1.165) is 29.7 Å². The summed E-state index contributed by atoms with van der Waals surface area (Å²) in [4.78, 5) is 30.0. The van der Waals surface area contributed by atoms with Gasteiger partial charge >= 0.3 is 6.18 Å². The van der Waals surface area contributed by atoms with Crippen molar-refractivity contribution >= 4 is 39.4 Å². The maximum atomic E-state index is 12.9. The van der Waals surface area contributed by atoms with E-state index in [0.29, 0.717) is 37.9 Å². The first-order valence-corrected chi connectivity index (χ1v) is 11.0. The van der Waals surface area contributed by atoms with Crippen LogP contribution in [0.3, 0.4) is 0 Å². The highest BCUT2D eigenvalue weighted by Crippen LogP contribution is 2.36. The minimum atomic E-state index is -4.40. The summed E-state index contributed by atoms with van der Waals surface area (Å²) in [5, 5.41) is 0.514. The fraction of sp³-hybridized carbons (Fsp3) is 0.160. The number of fused-ring (bicyclic) bond motifs is 2. The molecule has 2 heterocycles. The number of nitrogens with zero attached hydrogens (tertiary/aromatic N) is 1. The van der Waals surface area contributed by atoms with Crippen molar-refractivity contribution < 1.29 is 27.2 Å². The number of halogens is 3. The predicted molar refractivity (Wildman–Crippen MR) is 120 cm³/mol. The minimum Gasteiger partial charge on any atom is -0.437 e. The molecule has 166 valence electrons. The van der Waals surface area contributed by atoms with Gasteiger partial charge in [0.25, 0.3) is 0 Å². The Hall–Kier alpha value is -3.52. The summed E-state index contributed by atoms with van der Waals surface area (Å²) < 4.78 is 44.7. The zero-order valence-corrected chi connectivity index (χ0v) is 18.4. The summed E-state index contributed by atoms with van der Waals surface area (Å²) in [5.74, 6) is -0.346. The SMILES string of the molecule is CCc1cc2c(cc1C)C(=O)/C(=C\c1cc3sc(-c4ccc(C(F)(F)F)cc4)nc3o1)C2=O. The molecule has 0 N–H and O–H groups in total. The zero-order valence-electron chi connectivity index (χ0n) is 17.5. The van der Waals surface area contributed by atoms with Gasteiger partial charge in [-0.1, -0.05) is 19.1 Å². The lowest BCUT2D eigenvalue weighted by molar-refractivity contribution is -0.137. The maximum absolute atomic E-state index is 12.9. The molecule has 0 saturated carbocycles. The standard InChI is InChI=1S/C25H16F3NO3S/c1-3-13-9-18-17(8-12(13)2)21(30)19(22(18)31)10-16-11-20-23(32-16)29-24(33-20)14-4-6-15(7-5-14)25(26,27)28/h4-11H,3H2,1-2H3/b19-10+. The number of allylic oxidation sites excluding steroid dienone is 1. The van der Waals surface area contributed by atoms with Gasteiger partial charge in [-0.25, -0.2) is 4.98 Å². The minimum absolute atomic E-state index is 0.0435. The van der Waals surface area contributed by atoms with Gasteiger partial charge in [-0.3, -0.25) is 9.59 Å². The monoisotopic (exact) mass is 467 g/mol. The molecular weight excluding hydrogens is 451 g/mol. The van der Waals surface area contributed by atoms with Gasteiger partial charge in [0, 0.05) is 22.8 Å². The molecule has 5 rings (SSSR count). The molecule has 33 heavy (non-hydrogen) atoms. The van der Waals surface area contributed by atoms with Crippen LogP contribution in [0.5, 0.6) is 0 Å². The van der Waals surface area contributed by atoms with Crippen LogP contribution in [0, 0.1) is 6.92 Å². The molecule has 0 atom stereocenters. The summed E-state index contributed by atoms with van der Waals surface area (Å²) in [7, 11) is 0. The number of carbonyl (C=O) groups is 2. The Labute approximate surface area is 190 Å². The Morgan fingerprint density at radius 2 is 1.70 bits per heavy atom. The number of alkyl halides is 3. The lowest BCUT2D eigenvalue weighted by Crippen LogP contribution is -2.03. The van der Waals surface area contributed by atoms with Crippen LogP contribution in [0.15, 0.2) is 52.5 Å². The van der Waals surface area contributed by atoms with E-state index in [-0.39, 0.29) is 17.1 Å². The van der Waals surface area contributed by atoms with Crippen molar-refractivity contribution in [2.24, 2.45) is 0 Å². The Bertz CT molecular complexity index is 1440. The fourth-order valence-electron chi connectivity index (χ4n) is 3.92. The number of rotatable bonds is 3. The molecule has 0 fully saturated rings. The van der Waals surface area contributed by atoms with Crippen LogP contribution in [-0.4, -0.2) is 16.6 Å². The van der Waals surface area contributed by atoms with Gasteiger partial charge in [0.05, 0.1) is 15.8 Å². The van der Waals surface area contributed by atoms with E-state index in [4.69, 9.17) is 4.42 Å². The van der Waals surface area contributed by atoms with Crippen LogP contribution in [0.1, 0.15) is 50.1 Å². The smallest absolute Gasteiger partial charge is 0.416 e. The second-order valence-electron chi connectivity index (χ2n) is 7.81. The molecule has 0 aliphatic heterocycles. The number of hydrogen-bond donors (Lipinski definition) is 0. The van der Waals surface area contributed by atoms with Crippen molar-refractivity contribution in [2.45, 2.75) is 26.4 Å². The molecule has 1 aliphatic carbocycles. The molecule has 8 heteroatoms. The van der Waals surface area contributed by atoms with Crippen molar-refractivity contribution in [3.8, 4) is 10.6 Å². The van der Waals surface area contributed by atoms with E-state index in [1.54, 1.807) is 18.2 Å². The molecule has 0 unspecified atom stereocenters. The van der Waals surface area contributed by atoms with Crippen LogP contribution in [-0.2, 0) is 12.6 Å². The second-order valence-corrected chi connectivity index (χ2v) is 8.84. The van der Waals surface area contributed by atoms with E-state index in [2.05, 4.69) is 4.98 Å². The summed E-state index contributed by atoms with van der Waals surface area (Å²) in [6, 6.07) is 9.95. The summed E-state index contributed by atoms with van der Waals surface area (Å²) in [5.41, 5.74) is 2.95. The molecular formula is C25H16F3NO3S. The van der Waals surface area contributed by atoms with Gasteiger partial charge in [-0.2, -0.15) is 13.2 Å². The van der Waals surface area contributed by atoms with Crippen molar-refractivity contribution in [3.63, 3.8) is 0 Å². The lowest BCUT2D eigenvalue weighted by atomic mass is 9.99. The summed E-state index contributed by atoms with van der Waals surface area (Å²) >= 11 is 1.25. The fourth-order valence-corrected chi connectivity index (χ4v) is 4.87. The first-order chi connectivity index (χ1) is 15.7. The number of benzene rings is 2. The van der Waals surface area contributed by atoms with E-state index in [1.165, 1.54) is 29.5 Å². The molecule has 0 saturated heterocycles. The molecule has 2 aromatic carbocycles. The third-order valence-corrected chi connectivity index (χ3v) is 6.72. The van der Waals surface area contributed by atoms with Crippen molar-refractivity contribution in [3.05, 3.63) is 81.6 Å². The van der Waals surface area contributed by atoms with E-state index in [9.17, 15) is 22.8 Å². The van der Waals surface area contributed by atoms with Gasteiger partial charge in [-0.15, -0.1) is 11.3 Å². The van der Waals surface area contributed by atoms with Gasteiger partial charge in [0.2, 0.25) is 5.71 Å². The maximum Gasteiger partial charge on any atom is 0.416 e. The highest BCUT2D eigenvalue weighted by Gasteiger charge is 2.34. The van der Waals surface area contributed by atoms with Gasteiger partial charge in [0.1, 0.15) is 10.8 Å². The topological polar surface area (TPSA) is 60.2 Å². The van der Waals surface area contributed by atoms with Gasteiger partial charge < -0.3 is 4.42 Å². The molecule has 0 spiro atoms. The van der Waals surface area contributed by atoms with E-state index in [1.807, 2.05) is 13.8 Å². The van der Waals surface area contributed by atoms with Crippen molar-refractivity contribution in [2.75, 3.05) is 0 Å². The van der Waals surface area contributed by atoms with Crippen LogP contribution >= 0.6 is 11.3 Å². The lowest BCUT2D eigenvalue weighted by Gasteiger charge is -2.06. The molecule has 2 aromatic heterocycles. The van der Waals surface area contributed by atoms with Crippen molar-refractivity contribution in [1.29, 1.82) is 0 Å². The second kappa shape index (κ2) is 7.52. The van der Waals surface area contributed by atoms with E-state index >= 15 is 0 Å². The van der Waals surface area contributed by atoms with Crippen LogP contribution in [0.2, 0.25) is 0 Å². The molecule has 4 aromatic rings. The number of ketones is 2. The summed E-state index contributed by atoms with van der Waals surface area (Å²) in [6.45, 7) is 3.91. The molecule has 0 radical (unpaired) electrons. The summed E-state index contributed by atoms with van der Waals surface area (Å²) in [6.07, 6.45) is -2.21. The highest BCUT2D eigenvalue weighted by molar-refractivity contribution is 7.21. The number of carbonyl (C=O) groups excluding carboxylic acids is 2. The number of Topliss-reactive ketones (excluding diaryl/α,β-unsaturated/α-hetero) is 2. The molecule has 4 nitrogen and oxygen atoms in total. The quantitative estimate of drug-likeness (QED) is 0.243. The van der Waals surface area contributed by atoms with Gasteiger partial charge in [-0.05, 0) is 54.8 Å². The van der Waals surface area contributed by atoms with E-state index < -0.39 is 11.7 Å². The number of aryl methyl sites for hydroxylation is 2. The number of furan rings is 1. The molecule has 0 bridgehead atoms. The molecule has 0 amide bonds. The Morgan fingerprint density at radius 1 is 1.03 bits per heavy atom. The third-order valence-electron chi connectivity index (χ3n) is 5.69. The zero-order chi connectivity index (χ0) is 23.5. The first-order valence-electron chi connectivity index (χ1n) is 10.2. The third kappa shape index (κ3) is 3.60. The highest BCUT2D eigenvalue weighted by atomic mass is 32.1. The first kappa shape index (κ1) is 21.3. The normalized spacial score (nSPS) is 15.1. The van der Waals surface area contributed by atoms with Crippen LogP contribution in [0.25, 0.3) is 27.1 Å². The largest absolute Gasteiger partial charge is 0.437 e. The van der Waals surface area contributed by atoms with Crippen LogP contribution in [0.4, 0.5) is 13.2 Å². The van der Waals surface area contributed by atoms with Crippen LogP contribution < -0.4 is 0 Å². The predicted octanol–water partition coefficient (Wildman–Crippen LogP) is 6.91. The molecule has 1 aliphatic rings. The Morgan fingerprint density at radius 3 is 2.30 bits per heavy atom. The average molecular weight is 467 g/mol.